The van der Waals surface area contributed by atoms with E-state index in [1.807, 2.05) is 13.8 Å². The zero-order valence-corrected chi connectivity index (χ0v) is 14.9. The van der Waals surface area contributed by atoms with Crippen molar-refractivity contribution in [2.75, 3.05) is 26.7 Å². The Hall–Kier alpha value is -2.19. The van der Waals surface area contributed by atoms with Gasteiger partial charge in [-0.2, -0.15) is 0 Å². The SMILES string of the molecule is COC1CCN(Cc2nc(C(=O)NCCc3c(C)noc3C)co2)C1. The van der Waals surface area contributed by atoms with Crippen LogP contribution in [0.2, 0.25) is 0 Å². The highest BCUT2D eigenvalue weighted by Crippen LogP contribution is 2.15. The van der Waals surface area contributed by atoms with E-state index in [4.69, 9.17) is 13.7 Å². The normalized spacial score (nSPS) is 18.0. The second-order valence-corrected chi connectivity index (χ2v) is 6.32. The number of hydrogen-bond donors (Lipinski definition) is 1. The summed E-state index contributed by atoms with van der Waals surface area (Å²) in [6.45, 7) is 6.65. The fourth-order valence-electron chi connectivity index (χ4n) is 3.06. The summed E-state index contributed by atoms with van der Waals surface area (Å²) in [4.78, 5) is 18.7. The molecule has 1 saturated heterocycles. The first-order chi connectivity index (χ1) is 12.1. The van der Waals surface area contributed by atoms with E-state index < -0.39 is 0 Å². The molecule has 3 rings (SSSR count). The molecule has 1 fully saturated rings. The van der Waals surface area contributed by atoms with E-state index in [-0.39, 0.29) is 12.0 Å². The number of hydrogen-bond acceptors (Lipinski definition) is 7. The molecular weight excluding hydrogens is 324 g/mol. The molecule has 2 aromatic heterocycles. The van der Waals surface area contributed by atoms with Crippen molar-refractivity contribution in [2.45, 2.75) is 39.3 Å². The molecule has 0 aliphatic carbocycles. The average Bonchev–Trinajstić information content (AvgIpc) is 3.31. The fourth-order valence-corrected chi connectivity index (χ4v) is 3.06. The van der Waals surface area contributed by atoms with Gasteiger partial charge in [-0.15, -0.1) is 0 Å². The Morgan fingerprint density at radius 3 is 3.00 bits per heavy atom. The van der Waals surface area contributed by atoms with Crippen LogP contribution in [-0.4, -0.2) is 53.8 Å². The van der Waals surface area contributed by atoms with Gasteiger partial charge in [0.2, 0.25) is 5.89 Å². The van der Waals surface area contributed by atoms with E-state index >= 15 is 0 Å². The summed E-state index contributed by atoms with van der Waals surface area (Å²) in [6.07, 6.45) is 3.35. The van der Waals surface area contributed by atoms with Crippen LogP contribution in [0.25, 0.3) is 0 Å². The Morgan fingerprint density at radius 2 is 2.32 bits per heavy atom. The van der Waals surface area contributed by atoms with Gasteiger partial charge >= 0.3 is 0 Å². The zero-order valence-electron chi connectivity index (χ0n) is 14.9. The molecule has 25 heavy (non-hydrogen) atoms. The molecule has 1 atom stereocenters. The quantitative estimate of drug-likeness (QED) is 0.810. The lowest BCUT2D eigenvalue weighted by molar-refractivity contribution is 0.0948. The van der Waals surface area contributed by atoms with Crippen molar-refractivity contribution in [2.24, 2.45) is 0 Å². The van der Waals surface area contributed by atoms with Crippen LogP contribution in [0.15, 0.2) is 15.2 Å². The van der Waals surface area contributed by atoms with Crippen LogP contribution in [0.5, 0.6) is 0 Å². The molecule has 8 nitrogen and oxygen atoms in total. The number of carbonyl (C=O) groups excluding carboxylic acids is 1. The maximum Gasteiger partial charge on any atom is 0.273 e. The minimum atomic E-state index is -0.238. The lowest BCUT2D eigenvalue weighted by Crippen LogP contribution is -2.26. The first-order valence-corrected chi connectivity index (χ1v) is 8.46. The van der Waals surface area contributed by atoms with Crippen LogP contribution in [-0.2, 0) is 17.7 Å². The molecule has 1 aliphatic heterocycles. The third-order valence-corrected chi connectivity index (χ3v) is 4.55. The number of nitrogens with one attached hydrogen (secondary N) is 1. The number of rotatable bonds is 7. The van der Waals surface area contributed by atoms with Crippen LogP contribution < -0.4 is 5.32 Å². The number of oxazole rings is 1. The average molecular weight is 348 g/mol. The molecule has 0 spiro atoms. The van der Waals surface area contributed by atoms with E-state index in [9.17, 15) is 4.79 Å². The van der Waals surface area contributed by atoms with Crippen LogP contribution in [0.3, 0.4) is 0 Å². The summed E-state index contributed by atoms with van der Waals surface area (Å²) in [6, 6.07) is 0. The van der Waals surface area contributed by atoms with Gasteiger partial charge in [0.25, 0.3) is 5.91 Å². The summed E-state index contributed by atoms with van der Waals surface area (Å²) in [5, 5.41) is 6.76. The number of ether oxygens (including phenoxy) is 1. The lowest BCUT2D eigenvalue weighted by atomic mass is 10.1. The van der Waals surface area contributed by atoms with Crippen LogP contribution >= 0.6 is 0 Å². The Morgan fingerprint density at radius 1 is 1.48 bits per heavy atom. The summed E-state index contributed by atoms with van der Waals surface area (Å²) in [5.74, 6) is 1.10. The molecule has 1 unspecified atom stereocenters. The topological polar surface area (TPSA) is 93.6 Å². The van der Waals surface area contributed by atoms with Gasteiger partial charge in [-0.3, -0.25) is 9.69 Å². The van der Waals surface area contributed by atoms with Gasteiger partial charge in [0.05, 0.1) is 18.3 Å². The highest BCUT2D eigenvalue weighted by molar-refractivity contribution is 5.91. The summed E-state index contributed by atoms with van der Waals surface area (Å²) < 4.78 is 15.9. The number of amides is 1. The molecule has 1 amide bonds. The molecule has 0 saturated carbocycles. The molecule has 0 bridgehead atoms. The second-order valence-electron chi connectivity index (χ2n) is 6.32. The van der Waals surface area contributed by atoms with Crippen molar-refractivity contribution in [1.29, 1.82) is 0 Å². The van der Waals surface area contributed by atoms with Gasteiger partial charge in [-0.1, -0.05) is 5.16 Å². The smallest absolute Gasteiger partial charge is 0.273 e. The third kappa shape index (κ3) is 4.26. The summed E-state index contributed by atoms with van der Waals surface area (Å²) in [5.41, 5.74) is 2.19. The van der Waals surface area contributed by atoms with Crippen molar-refractivity contribution < 1.29 is 18.5 Å². The molecule has 1 aliphatic rings. The highest BCUT2D eigenvalue weighted by Gasteiger charge is 2.23. The van der Waals surface area contributed by atoms with Gasteiger partial charge in [0, 0.05) is 32.3 Å². The number of carbonyl (C=O) groups is 1. The number of likely N-dealkylation sites (tertiary alicyclic amines) is 1. The van der Waals surface area contributed by atoms with E-state index in [0.717, 1.165) is 36.5 Å². The van der Waals surface area contributed by atoms with Gasteiger partial charge in [0.15, 0.2) is 5.69 Å². The monoisotopic (exact) mass is 348 g/mol. The number of methoxy groups -OCH3 is 1. The van der Waals surface area contributed by atoms with Gasteiger partial charge in [0.1, 0.15) is 12.0 Å². The first kappa shape index (κ1) is 17.6. The summed E-state index contributed by atoms with van der Waals surface area (Å²) in [7, 11) is 1.73. The standard InChI is InChI=1S/C17H24N4O4/c1-11-14(12(2)25-20-11)4-6-18-17(22)15-10-24-16(19-15)9-21-7-5-13(8-21)23-3/h10,13H,4-9H2,1-3H3,(H,18,22). The largest absolute Gasteiger partial charge is 0.447 e. The lowest BCUT2D eigenvalue weighted by Gasteiger charge is -2.12. The van der Waals surface area contributed by atoms with Crippen LogP contribution in [0.4, 0.5) is 0 Å². The van der Waals surface area contributed by atoms with Crippen molar-refractivity contribution in [3.05, 3.63) is 34.9 Å². The molecule has 3 heterocycles. The zero-order chi connectivity index (χ0) is 17.8. The number of nitrogens with zero attached hydrogens (tertiary/aromatic N) is 3. The highest BCUT2D eigenvalue weighted by atomic mass is 16.5. The van der Waals surface area contributed by atoms with Gasteiger partial charge in [-0.25, -0.2) is 4.98 Å². The van der Waals surface area contributed by atoms with Gasteiger partial charge in [-0.05, 0) is 26.7 Å². The molecule has 0 radical (unpaired) electrons. The number of aromatic nitrogens is 2. The maximum atomic E-state index is 12.2. The van der Waals surface area contributed by atoms with E-state index in [1.54, 1.807) is 7.11 Å². The third-order valence-electron chi connectivity index (χ3n) is 4.55. The van der Waals surface area contributed by atoms with Crippen molar-refractivity contribution in [3.8, 4) is 0 Å². The predicted molar refractivity (Wildman–Crippen MR) is 89.2 cm³/mol. The minimum absolute atomic E-state index is 0.238. The molecule has 2 aromatic rings. The molecular formula is C17H24N4O4. The first-order valence-electron chi connectivity index (χ1n) is 8.46. The van der Waals surface area contributed by atoms with Crippen LogP contribution in [0.1, 0.15) is 39.8 Å². The Kier molecular flexibility index (Phi) is 5.50. The van der Waals surface area contributed by atoms with Crippen LogP contribution in [0, 0.1) is 13.8 Å². The summed E-state index contributed by atoms with van der Waals surface area (Å²) >= 11 is 0. The predicted octanol–water partition coefficient (Wildman–Crippen LogP) is 1.47. The van der Waals surface area contributed by atoms with Crippen molar-refractivity contribution in [3.63, 3.8) is 0 Å². The Balaban J connectivity index is 1.47. The Labute approximate surface area is 146 Å². The Bertz CT molecular complexity index is 705. The maximum absolute atomic E-state index is 12.2. The van der Waals surface area contributed by atoms with Crippen molar-refractivity contribution >= 4 is 5.91 Å². The van der Waals surface area contributed by atoms with Gasteiger partial charge < -0.3 is 19.0 Å². The number of aryl methyl sites for hydroxylation is 2. The molecule has 1 N–H and O–H groups in total. The van der Waals surface area contributed by atoms with Crippen molar-refractivity contribution in [1.82, 2.24) is 20.4 Å². The van der Waals surface area contributed by atoms with E-state index in [1.165, 1.54) is 6.26 Å². The molecule has 136 valence electrons. The molecule has 0 aromatic carbocycles. The fraction of sp³-hybridized carbons (Fsp3) is 0.588. The molecule has 8 heteroatoms. The minimum Gasteiger partial charge on any atom is -0.447 e. The van der Waals surface area contributed by atoms with E-state index in [2.05, 4.69) is 20.4 Å². The second kappa shape index (κ2) is 7.79. The van der Waals surface area contributed by atoms with E-state index in [0.29, 0.717) is 31.1 Å².